The number of primary amides is 1. The Morgan fingerprint density at radius 2 is 1.90 bits per heavy atom. The predicted octanol–water partition coefficient (Wildman–Crippen LogP) is 0.289. The first-order chi connectivity index (χ1) is 9.47. The second-order valence-corrected chi connectivity index (χ2v) is 5.67. The van der Waals surface area contributed by atoms with Crippen LogP contribution in [0.4, 0.5) is 4.79 Å². The molecule has 2 rings (SSSR count). The zero-order valence-corrected chi connectivity index (χ0v) is 11.4. The van der Waals surface area contributed by atoms with Crippen LogP contribution in [0.5, 0.6) is 0 Å². The SMILES string of the molecule is NC(=O)CCC(NC(=O)N(CC1CC1)C1CC1)C(=O)O. The van der Waals surface area contributed by atoms with Gasteiger partial charge in [-0.2, -0.15) is 0 Å². The van der Waals surface area contributed by atoms with Gasteiger partial charge in [0.1, 0.15) is 6.04 Å². The first-order valence-electron chi connectivity index (χ1n) is 7.05. The van der Waals surface area contributed by atoms with Crippen LogP contribution in [-0.2, 0) is 9.59 Å². The van der Waals surface area contributed by atoms with Crippen LogP contribution in [0.25, 0.3) is 0 Å². The molecule has 0 aromatic rings. The van der Waals surface area contributed by atoms with Crippen LogP contribution in [0.15, 0.2) is 0 Å². The largest absolute Gasteiger partial charge is 0.480 e. The minimum absolute atomic E-state index is 0.0261. The van der Waals surface area contributed by atoms with Crippen LogP contribution in [0.2, 0.25) is 0 Å². The highest BCUT2D eigenvalue weighted by Crippen LogP contribution is 2.34. The van der Waals surface area contributed by atoms with Crippen molar-refractivity contribution in [1.29, 1.82) is 0 Å². The number of nitrogens with two attached hydrogens (primary N) is 1. The molecule has 0 aromatic heterocycles. The third kappa shape index (κ3) is 4.40. The topological polar surface area (TPSA) is 113 Å². The maximum absolute atomic E-state index is 12.2. The average Bonchev–Trinajstić information content (AvgIpc) is 3.24. The molecule has 0 bridgehead atoms. The fourth-order valence-corrected chi connectivity index (χ4v) is 2.14. The summed E-state index contributed by atoms with van der Waals surface area (Å²) in [5, 5.41) is 11.6. The molecule has 112 valence electrons. The van der Waals surface area contributed by atoms with Gasteiger partial charge in [-0.1, -0.05) is 0 Å². The van der Waals surface area contributed by atoms with Crippen molar-refractivity contribution in [3.8, 4) is 0 Å². The van der Waals surface area contributed by atoms with Crippen LogP contribution < -0.4 is 11.1 Å². The van der Waals surface area contributed by atoms with E-state index in [1.165, 1.54) is 0 Å². The number of carboxylic acid groups (broad SMARTS) is 1. The molecule has 0 spiro atoms. The maximum atomic E-state index is 12.2. The van der Waals surface area contributed by atoms with Crippen LogP contribution in [0.3, 0.4) is 0 Å². The van der Waals surface area contributed by atoms with Gasteiger partial charge < -0.3 is 21.1 Å². The number of hydrogen-bond donors (Lipinski definition) is 3. The summed E-state index contributed by atoms with van der Waals surface area (Å²) >= 11 is 0. The van der Waals surface area contributed by atoms with E-state index in [0.717, 1.165) is 25.7 Å². The number of carbonyl (C=O) groups excluding carboxylic acids is 2. The first-order valence-corrected chi connectivity index (χ1v) is 7.05. The van der Waals surface area contributed by atoms with E-state index in [9.17, 15) is 14.4 Å². The molecule has 1 unspecified atom stereocenters. The van der Waals surface area contributed by atoms with Gasteiger partial charge in [-0.25, -0.2) is 9.59 Å². The molecule has 1 atom stereocenters. The smallest absolute Gasteiger partial charge is 0.326 e. The van der Waals surface area contributed by atoms with E-state index in [2.05, 4.69) is 5.32 Å². The molecule has 20 heavy (non-hydrogen) atoms. The van der Waals surface area contributed by atoms with Crippen molar-refractivity contribution in [1.82, 2.24) is 10.2 Å². The lowest BCUT2D eigenvalue weighted by Crippen LogP contribution is -2.49. The van der Waals surface area contributed by atoms with Gasteiger partial charge in [-0.15, -0.1) is 0 Å². The lowest BCUT2D eigenvalue weighted by atomic mass is 10.1. The second kappa shape index (κ2) is 6.11. The summed E-state index contributed by atoms with van der Waals surface area (Å²) in [6.07, 6.45) is 4.22. The van der Waals surface area contributed by atoms with Gasteiger partial charge in [0.25, 0.3) is 0 Å². The van der Waals surface area contributed by atoms with Crippen molar-refractivity contribution in [3.05, 3.63) is 0 Å². The quantitative estimate of drug-likeness (QED) is 0.594. The Kier molecular flexibility index (Phi) is 4.46. The fourth-order valence-electron chi connectivity index (χ4n) is 2.14. The molecule has 0 heterocycles. The summed E-state index contributed by atoms with van der Waals surface area (Å²) < 4.78 is 0. The Morgan fingerprint density at radius 1 is 1.25 bits per heavy atom. The van der Waals surface area contributed by atoms with Crippen LogP contribution in [-0.4, -0.2) is 46.5 Å². The van der Waals surface area contributed by atoms with E-state index in [4.69, 9.17) is 10.8 Å². The van der Waals surface area contributed by atoms with Crippen LogP contribution in [0, 0.1) is 5.92 Å². The summed E-state index contributed by atoms with van der Waals surface area (Å²) in [4.78, 5) is 35.8. The minimum atomic E-state index is -1.14. The Balaban J connectivity index is 1.87. The van der Waals surface area contributed by atoms with Gasteiger partial charge in [-0.05, 0) is 38.0 Å². The van der Waals surface area contributed by atoms with E-state index in [-0.39, 0.29) is 24.9 Å². The van der Waals surface area contributed by atoms with E-state index < -0.39 is 17.9 Å². The van der Waals surface area contributed by atoms with Crippen molar-refractivity contribution in [2.75, 3.05) is 6.54 Å². The summed E-state index contributed by atoms with van der Waals surface area (Å²) in [7, 11) is 0. The van der Waals surface area contributed by atoms with Gasteiger partial charge >= 0.3 is 12.0 Å². The van der Waals surface area contributed by atoms with Gasteiger partial charge in [-0.3, -0.25) is 4.79 Å². The lowest BCUT2D eigenvalue weighted by molar-refractivity contribution is -0.139. The number of urea groups is 1. The molecular formula is C13H21N3O4. The summed E-state index contributed by atoms with van der Waals surface area (Å²) in [6.45, 7) is 0.707. The molecule has 2 saturated carbocycles. The molecule has 3 amide bonds. The monoisotopic (exact) mass is 283 g/mol. The molecule has 2 aliphatic carbocycles. The lowest BCUT2D eigenvalue weighted by Gasteiger charge is -2.25. The van der Waals surface area contributed by atoms with Crippen molar-refractivity contribution >= 4 is 17.9 Å². The number of rotatable bonds is 8. The second-order valence-electron chi connectivity index (χ2n) is 5.67. The number of nitrogens with zero attached hydrogens (tertiary/aromatic N) is 1. The first kappa shape index (κ1) is 14.6. The molecule has 4 N–H and O–H groups in total. The number of carbonyl (C=O) groups is 3. The number of carboxylic acids is 1. The Labute approximate surface area is 117 Å². The highest BCUT2D eigenvalue weighted by Gasteiger charge is 2.37. The van der Waals surface area contributed by atoms with Crippen molar-refractivity contribution in [2.24, 2.45) is 11.7 Å². The fraction of sp³-hybridized carbons (Fsp3) is 0.769. The molecule has 2 aliphatic rings. The molecule has 7 heteroatoms. The van der Waals surface area contributed by atoms with Gasteiger partial charge in [0.15, 0.2) is 0 Å². The zero-order chi connectivity index (χ0) is 14.7. The van der Waals surface area contributed by atoms with Gasteiger partial charge in [0.2, 0.25) is 5.91 Å². The zero-order valence-electron chi connectivity index (χ0n) is 11.4. The van der Waals surface area contributed by atoms with Crippen molar-refractivity contribution in [3.63, 3.8) is 0 Å². The number of hydrogen-bond acceptors (Lipinski definition) is 3. The van der Waals surface area contributed by atoms with E-state index in [0.29, 0.717) is 12.5 Å². The summed E-state index contributed by atoms with van der Waals surface area (Å²) in [5.74, 6) is -1.14. The third-order valence-corrected chi connectivity index (χ3v) is 3.68. The van der Waals surface area contributed by atoms with Crippen molar-refractivity contribution < 1.29 is 19.5 Å². The standard InChI is InChI=1S/C13H21N3O4/c14-11(17)6-5-10(12(18)19)15-13(20)16(9-3-4-9)7-8-1-2-8/h8-10H,1-7H2,(H2,14,17)(H,15,20)(H,18,19). The van der Waals surface area contributed by atoms with Crippen LogP contribution in [0.1, 0.15) is 38.5 Å². The molecule has 0 aromatic carbocycles. The molecule has 0 radical (unpaired) electrons. The normalized spacial score (nSPS) is 19.2. The third-order valence-electron chi connectivity index (χ3n) is 3.68. The Bertz CT molecular complexity index is 404. The number of aliphatic carboxylic acids is 1. The van der Waals surface area contributed by atoms with E-state index >= 15 is 0 Å². The molecule has 0 aliphatic heterocycles. The number of amides is 3. The summed E-state index contributed by atoms with van der Waals surface area (Å²) in [6, 6.07) is -1.15. The van der Waals surface area contributed by atoms with E-state index in [1.807, 2.05) is 0 Å². The minimum Gasteiger partial charge on any atom is -0.480 e. The highest BCUT2D eigenvalue weighted by molar-refractivity contribution is 5.83. The Hall–Kier alpha value is -1.79. The van der Waals surface area contributed by atoms with Gasteiger partial charge in [0, 0.05) is 19.0 Å². The molecule has 2 fully saturated rings. The summed E-state index contributed by atoms with van der Waals surface area (Å²) in [5.41, 5.74) is 5.01. The van der Waals surface area contributed by atoms with Crippen LogP contribution >= 0.6 is 0 Å². The van der Waals surface area contributed by atoms with Gasteiger partial charge in [0.05, 0.1) is 0 Å². The van der Waals surface area contributed by atoms with E-state index in [1.54, 1.807) is 4.90 Å². The Morgan fingerprint density at radius 3 is 2.35 bits per heavy atom. The average molecular weight is 283 g/mol. The molecule has 7 nitrogen and oxygen atoms in total. The number of nitrogens with one attached hydrogen (secondary N) is 1. The predicted molar refractivity (Wildman–Crippen MR) is 70.8 cm³/mol. The molecular weight excluding hydrogens is 262 g/mol. The maximum Gasteiger partial charge on any atom is 0.326 e. The highest BCUT2D eigenvalue weighted by atomic mass is 16.4. The van der Waals surface area contributed by atoms with Crippen molar-refractivity contribution in [2.45, 2.75) is 50.6 Å². The molecule has 0 saturated heterocycles.